The molecule has 0 unspecified atom stereocenters. The van der Waals surface area contributed by atoms with Gasteiger partial charge in [-0.15, -0.1) is 11.8 Å². The molecule has 0 fully saturated rings. The zero-order chi connectivity index (χ0) is 13.7. The van der Waals surface area contributed by atoms with Crippen LogP contribution in [0.3, 0.4) is 0 Å². The molecular formula is C13H16O4S. The predicted octanol–water partition coefficient (Wildman–Crippen LogP) is 2.47. The van der Waals surface area contributed by atoms with Crippen molar-refractivity contribution in [3.05, 3.63) is 23.3 Å². The largest absolute Gasteiger partial charge is 0.496 e. The topological polar surface area (TPSA) is 52.6 Å². The quantitative estimate of drug-likeness (QED) is 0.355. The third-order valence-corrected chi connectivity index (χ3v) is 3.30. The monoisotopic (exact) mass is 268 g/mol. The Morgan fingerprint density at radius 3 is 2.50 bits per heavy atom. The fourth-order valence-electron chi connectivity index (χ4n) is 1.53. The van der Waals surface area contributed by atoms with Crippen molar-refractivity contribution in [3.8, 4) is 5.75 Å². The van der Waals surface area contributed by atoms with Gasteiger partial charge in [0.05, 0.1) is 19.3 Å². The Bertz CT molecular complexity index is 468. The van der Waals surface area contributed by atoms with Crippen LogP contribution < -0.4 is 4.74 Å². The number of aryl methyl sites for hydroxylation is 1. The lowest BCUT2D eigenvalue weighted by molar-refractivity contribution is -0.137. The van der Waals surface area contributed by atoms with Crippen LogP contribution in [0.4, 0.5) is 0 Å². The number of hydrogen-bond acceptors (Lipinski definition) is 5. The summed E-state index contributed by atoms with van der Waals surface area (Å²) in [5, 5.41) is 0. The molecule has 1 aromatic rings. The first-order chi connectivity index (χ1) is 8.54. The van der Waals surface area contributed by atoms with E-state index in [1.54, 1.807) is 19.1 Å². The molecular weight excluding hydrogens is 252 g/mol. The summed E-state index contributed by atoms with van der Waals surface area (Å²) in [4.78, 5) is 24.3. The molecule has 0 bridgehead atoms. The maximum absolute atomic E-state index is 11.9. The lowest BCUT2D eigenvalue weighted by atomic mass is 10.1. The van der Waals surface area contributed by atoms with Gasteiger partial charge in [0, 0.05) is 4.90 Å². The van der Waals surface area contributed by atoms with Crippen LogP contribution in [0, 0.1) is 6.92 Å². The molecule has 0 atom stereocenters. The first-order valence-electron chi connectivity index (χ1n) is 5.49. The van der Waals surface area contributed by atoms with Crippen molar-refractivity contribution in [2.24, 2.45) is 0 Å². The number of methoxy groups -OCH3 is 1. The summed E-state index contributed by atoms with van der Waals surface area (Å²) in [5.41, 5.74) is 1.24. The standard InChI is InChI=1S/C13H16O4S/c1-5-17-13(15)12(14)9-7-11(18-4)8(2)6-10(9)16-3/h6-7H,5H2,1-4H3. The van der Waals surface area contributed by atoms with E-state index < -0.39 is 11.8 Å². The highest BCUT2D eigenvalue weighted by atomic mass is 32.2. The zero-order valence-electron chi connectivity index (χ0n) is 10.9. The second-order valence-corrected chi connectivity index (χ2v) is 4.42. The fraction of sp³-hybridized carbons (Fsp3) is 0.385. The molecule has 0 saturated carbocycles. The van der Waals surface area contributed by atoms with Crippen LogP contribution in [0.15, 0.2) is 17.0 Å². The Labute approximate surface area is 111 Å². The van der Waals surface area contributed by atoms with E-state index in [-0.39, 0.29) is 12.2 Å². The van der Waals surface area contributed by atoms with Gasteiger partial charge in [-0.3, -0.25) is 4.79 Å². The minimum absolute atomic E-state index is 0.175. The normalized spacial score (nSPS) is 10.0. The number of hydrogen-bond donors (Lipinski definition) is 0. The summed E-state index contributed by atoms with van der Waals surface area (Å²) >= 11 is 1.51. The van der Waals surface area contributed by atoms with Gasteiger partial charge in [-0.1, -0.05) is 0 Å². The van der Waals surface area contributed by atoms with Gasteiger partial charge in [0.2, 0.25) is 0 Å². The van der Waals surface area contributed by atoms with Crippen LogP contribution in [0.1, 0.15) is 22.8 Å². The number of carbonyl (C=O) groups excluding carboxylic acids is 2. The molecule has 1 rings (SSSR count). The Morgan fingerprint density at radius 1 is 1.33 bits per heavy atom. The van der Waals surface area contributed by atoms with E-state index in [2.05, 4.69) is 0 Å². The van der Waals surface area contributed by atoms with Gasteiger partial charge >= 0.3 is 5.97 Å². The van der Waals surface area contributed by atoms with Crippen molar-refractivity contribution in [2.45, 2.75) is 18.7 Å². The van der Waals surface area contributed by atoms with E-state index in [1.165, 1.54) is 18.9 Å². The average Bonchev–Trinajstić information content (AvgIpc) is 2.37. The van der Waals surface area contributed by atoms with Gasteiger partial charge in [-0.05, 0) is 37.8 Å². The van der Waals surface area contributed by atoms with Crippen LogP contribution in [0.25, 0.3) is 0 Å². The maximum Gasteiger partial charge on any atom is 0.379 e. The van der Waals surface area contributed by atoms with Crippen molar-refractivity contribution in [1.82, 2.24) is 0 Å². The van der Waals surface area contributed by atoms with Gasteiger partial charge in [-0.25, -0.2) is 4.79 Å². The molecule has 0 N–H and O–H groups in total. The second kappa shape index (κ2) is 6.44. The van der Waals surface area contributed by atoms with Crippen LogP contribution >= 0.6 is 11.8 Å². The number of carbonyl (C=O) groups is 2. The number of Topliss-reactive ketones (excluding diaryl/α,β-unsaturated/α-hetero) is 1. The molecule has 0 saturated heterocycles. The molecule has 0 spiro atoms. The summed E-state index contributed by atoms with van der Waals surface area (Å²) in [6.45, 7) is 3.76. The third-order valence-electron chi connectivity index (χ3n) is 2.42. The van der Waals surface area contributed by atoms with Gasteiger partial charge in [0.1, 0.15) is 5.75 Å². The first-order valence-corrected chi connectivity index (χ1v) is 6.71. The van der Waals surface area contributed by atoms with E-state index in [4.69, 9.17) is 9.47 Å². The summed E-state index contributed by atoms with van der Waals surface area (Å²) in [6, 6.07) is 3.41. The van der Waals surface area contributed by atoms with Crippen molar-refractivity contribution in [3.63, 3.8) is 0 Å². The molecule has 0 aromatic heterocycles. The van der Waals surface area contributed by atoms with Gasteiger partial charge < -0.3 is 9.47 Å². The van der Waals surface area contributed by atoms with Crippen LogP contribution in [-0.4, -0.2) is 31.7 Å². The number of benzene rings is 1. The summed E-state index contributed by atoms with van der Waals surface area (Å²) < 4.78 is 9.85. The Morgan fingerprint density at radius 2 is 2.00 bits per heavy atom. The molecule has 98 valence electrons. The summed E-state index contributed by atoms with van der Waals surface area (Å²) in [5.74, 6) is -1.14. The van der Waals surface area contributed by atoms with Crippen molar-refractivity contribution in [2.75, 3.05) is 20.0 Å². The van der Waals surface area contributed by atoms with Crippen molar-refractivity contribution >= 4 is 23.5 Å². The SMILES string of the molecule is CCOC(=O)C(=O)c1cc(SC)c(C)cc1OC. The zero-order valence-corrected chi connectivity index (χ0v) is 11.7. The van der Waals surface area contributed by atoms with E-state index in [9.17, 15) is 9.59 Å². The average molecular weight is 268 g/mol. The van der Waals surface area contributed by atoms with Crippen molar-refractivity contribution < 1.29 is 19.1 Å². The lowest BCUT2D eigenvalue weighted by Gasteiger charge is -2.11. The molecule has 0 amide bonds. The maximum atomic E-state index is 11.9. The van der Waals surface area contributed by atoms with Gasteiger partial charge in [0.15, 0.2) is 0 Å². The molecule has 1 aromatic carbocycles. The Balaban J connectivity index is 3.21. The number of ether oxygens (including phenoxy) is 2. The molecule has 0 aliphatic rings. The highest BCUT2D eigenvalue weighted by Crippen LogP contribution is 2.29. The van der Waals surface area contributed by atoms with E-state index in [1.807, 2.05) is 13.2 Å². The van der Waals surface area contributed by atoms with E-state index in [0.717, 1.165) is 10.5 Å². The van der Waals surface area contributed by atoms with Crippen LogP contribution in [0.5, 0.6) is 5.75 Å². The second-order valence-electron chi connectivity index (χ2n) is 3.57. The van der Waals surface area contributed by atoms with E-state index >= 15 is 0 Å². The first kappa shape index (κ1) is 14.6. The fourth-order valence-corrected chi connectivity index (χ4v) is 2.15. The highest BCUT2D eigenvalue weighted by Gasteiger charge is 2.22. The molecule has 0 radical (unpaired) electrons. The summed E-state index contributed by atoms with van der Waals surface area (Å²) in [6.07, 6.45) is 1.91. The Hall–Kier alpha value is -1.49. The van der Waals surface area contributed by atoms with Gasteiger partial charge in [0.25, 0.3) is 5.78 Å². The third kappa shape index (κ3) is 3.04. The predicted molar refractivity (Wildman–Crippen MR) is 70.5 cm³/mol. The van der Waals surface area contributed by atoms with Crippen LogP contribution in [-0.2, 0) is 9.53 Å². The Kier molecular flexibility index (Phi) is 5.22. The molecule has 4 nitrogen and oxygen atoms in total. The minimum Gasteiger partial charge on any atom is -0.496 e. The molecule has 0 aliphatic carbocycles. The number of esters is 1. The van der Waals surface area contributed by atoms with Crippen LogP contribution in [0.2, 0.25) is 0 Å². The minimum atomic E-state index is -0.855. The molecule has 0 aliphatic heterocycles. The highest BCUT2D eigenvalue weighted by molar-refractivity contribution is 7.98. The number of ketones is 1. The molecule has 0 heterocycles. The van der Waals surface area contributed by atoms with E-state index in [0.29, 0.717) is 5.75 Å². The smallest absolute Gasteiger partial charge is 0.379 e. The number of thioether (sulfide) groups is 1. The molecule has 5 heteroatoms. The summed E-state index contributed by atoms with van der Waals surface area (Å²) in [7, 11) is 1.47. The van der Waals surface area contributed by atoms with Gasteiger partial charge in [-0.2, -0.15) is 0 Å². The lowest BCUT2D eigenvalue weighted by Crippen LogP contribution is -2.18. The number of rotatable bonds is 5. The van der Waals surface area contributed by atoms with Crippen molar-refractivity contribution in [1.29, 1.82) is 0 Å². The molecule has 18 heavy (non-hydrogen) atoms.